The highest BCUT2D eigenvalue weighted by molar-refractivity contribution is 5.78. The zero-order chi connectivity index (χ0) is 14.7. The lowest BCUT2D eigenvalue weighted by Gasteiger charge is -2.15. The third-order valence-corrected chi connectivity index (χ3v) is 3.98. The summed E-state index contributed by atoms with van der Waals surface area (Å²) in [5, 5.41) is 4.51. The largest absolute Gasteiger partial charge is 0.313 e. The lowest BCUT2D eigenvalue weighted by atomic mass is 9.97. The highest BCUT2D eigenvalue weighted by Crippen LogP contribution is 2.21. The fourth-order valence-corrected chi connectivity index (χ4v) is 2.67. The molecule has 1 aromatic heterocycles. The Labute approximate surface area is 125 Å². The van der Waals surface area contributed by atoms with Crippen LogP contribution in [0, 0.1) is 0 Å². The number of hydrogen-bond donors (Lipinski definition) is 1. The predicted molar refractivity (Wildman–Crippen MR) is 88.5 cm³/mol. The summed E-state index contributed by atoms with van der Waals surface area (Å²) >= 11 is 0. The zero-order valence-electron chi connectivity index (χ0n) is 12.5. The molecule has 2 aromatic carbocycles. The summed E-state index contributed by atoms with van der Waals surface area (Å²) in [6.45, 7) is 2.19. The molecular weight excluding hydrogens is 256 g/mol. The van der Waals surface area contributed by atoms with Crippen molar-refractivity contribution in [3.63, 3.8) is 0 Å². The van der Waals surface area contributed by atoms with Crippen LogP contribution in [0.1, 0.15) is 29.8 Å². The first kappa shape index (κ1) is 13.8. The second-order valence-corrected chi connectivity index (χ2v) is 5.38. The summed E-state index contributed by atoms with van der Waals surface area (Å²) < 4.78 is 0. The van der Waals surface area contributed by atoms with Crippen LogP contribution < -0.4 is 5.32 Å². The van der Waals surface area contributed by atoms with Gasteiger partial charge in [-0.15, -0.1) is 0 Å². The number of para-hydroxylation sites is 1. The van der Waals surface area contributed by atoms with Crippen molar-refractivity contribution >= 4 is 10.9 Å². The Bertz CT molecular complexity index is 749. The van der Waals surface area contributed by atoms with Crippen LogP contribution in [-0.2, 0) is 6.42 Å². The second kappa shape index (κ2) is 6.06. The average molecular weight is 276 g/mol. The first-order valence-corrected chi connectivity index (χ1v) is 7.37. The molecule has 2 heteroatoms. The lowest BCUT2D eigenvalue weighted by Crippen LogP contribution is -2.14. The molecule has 1 atom stereocenters. The van der Waals surface area contributed by atoms with E-state index in [0.717, 1.165) is 17.6 Å². The Morgan fingerprint density at radius 1 is 0.952 bits per heavy atom. The highest BCUT2D eigenvalue weighted by atomic mass is 14.9. The standard InChI is InChI=1S/C19H20N2/c1-14(20-2)18-9-5-3-8-16(18)13-17-12-11-15-7-4-6-10-19(15)21-17/h3-12,14,20H,13H2,1-2H3. The molecular formula is C19H20N2. The van der Waals surface area contributed by atoms with E-state index in [9.17, 15) is 0 Å². The average Bonchev–Trinajstić information content (AvgIpc) is 2.54. The Morgan fingerprint density at radius 2 is 1.71 bits per heavy atom. The number of fused-ring (bicyclic) bond motifs is 1. The minimum Gasteiger partial charge on any atom is -0.313 e. The molecule has 0 radical (unpaired) electrons. The van der Waals surface area contributed by atoms with Crippen LogP contribution >= 0.6 is 0 Å². The van der Waals surface area contributed by atoms with Crippen molar-refractivity contribution in [3.8, 4) is 0 Å². The third-order valence-electron chi connectivity index (χ3n) is 3.98. The number of benzene rings is 2. The van der Waals surface area contributed by atoms with Gasteiger partial charge in [-0.1, -0.05) is 48.5 Å². The van der Waals surface area contributed by atoms with Gasteiger partial charge in [0.15, 0.2) is 0 Å². The van der Waals surface area contributed by atoms with Gasteiger partial charge in [-0.05, 0) is 37.2 Å². The summed E-state index contributed by atoms with van der Waals surface area (Å²) in [5.74, 6) is 0. The van der Waals surface area contributed by atoms with Gasteiger partial charge in [0.2, 0.25) is 0 Å². The van der Waals surface area contributed by atoms with Gasteiger partial charge in [0.1, 0.15) is 0 Å². The molecule has 0 aliphatic carbocycles. The number of aromatic nitrogens is 1. The highest BCUT2D eigenvalue weighted by Gasteiger charge is 2.09. The molecule has 21 heavy (non-hydrogen) atoms. The lowest BCUT2D eigenvalue weighted by molar-refractivity contribution is 0.646. The van der Waals surface area contributed by atoms with Crippen molar-refractivity contribution in [2.45, 2.75) is 19.4 Å². The van der Waals surface area contributed by atoms with E-state index in [0.29, 0.717) is 6.04 Å². The second-order valence-electron chi connectivity index (χ2n) is 5.38. The van der Waals surface area contributed by atoms with E-state index in [1.165, 1.54) is 16.5 Å². The maximum absolute atomic E-state index is 4.78. The smallest absolute Gasteiger partial charge is 0.0705 e. The van der Waals surface area contributed by atoms with Crippen molar-refractivity contribution in [2.24, 2.45) is 0 Å². The molecule has 0 aliphatic heterocycles. The molecule has 3 aromatic rings. The van der Waals surface area contributed by atoms with Crippen molar-refractivity contribution in [1.29, 1.82) is 0 Å². The first-order chi connectivity index (χ1) is 10.3. The molecule has 3 rings (SSSR count). The van der Waals surface area contributed by atoms with Crippen LogP contribution in [0.4, 0.5) is 0 Å². The Kier molecular flexibility index (Phi) is 3.98. The molecule has 1 unspecified atom stereocenters. The Balaban J connectivity index is 1.95. The van der Waals surface area contributed by atoms with Gasteiger partial charge < -0.3 is 5.32 Å². The molecule has 2 nitrogen and oxygen atoms in total. The SMILES string of the molecule is CNC(C)c1ccccc1Cc1ccc2ccccc2n1. The third kappa shape index (κ3) is 2.96. The van der Waals surface area contributed by atoms with E-state index in [2.05, 4.69) is 60.8 Å². The molecule has 106 valence electrons. The van der Waals surface area contributed by atoms with Crippen molar-refractivity contribution < 1.29 is 0 Å². The van der Waals surface area contributed by atoms with Crippen LogP contribution in [0.2, 0.25) is 0 Å². The van der Waals surface area contributed by atoms with Crippen LogP contribution in [0.3, 0.4) is 0 Å². The normalized spacial score (nSPS) is 12.5. The number of hydrogen-bond acceptors (Lipinski definition) is 2. The fraction of sp³-hybridized carbons (Fsp3) is 0.211. The molecule has 1 N–H and O–H groups in total. The molecule has 0 saturated heterocycles. The van der Waals surface area contributed by atoms with Gasteiger partial charge in [0, 0.05) is 23.5 Å². The summed E-state index contributed by atoms with van der Waals surface area (Å²) in [6.07, 6.45) is 0.868. The van der Waals surface area contributed by atoms with Gasteiger partial charge in [0.25, 0.3) is 0 Å². The maximum atomic E-state index is 4.78. The van der Waals surface area contributed by atoms with Gasteiger partial charge in [-0.3, -0.25) is 4.98 Å². The quantitative estimate of drug-likeness (QED) is 0.776. The zero-order valence-corrected chi connectivity index (χ0v) is 12.5. The molecule has 0 bridgehead atoms. The first-order valence-electron chi connectivity index (χ1n) is 7.37. The minimum atomic E-state index is 0.349. The van der Waals surface area contributed by atoms with E-state index in [4.69, 9.17) is 4.98 Å². The van der Waals surface area contributed by atoms with Gasteiger partial charge >= 0.3 is 0 Å². The van der Waals surface area contributed by atoms with E-state index in [-0.39, 0.29) is 0 Å². The van der Waals surface area contributed by atoms with Crippen molar-refractivity contribution in [2.75, 3.05) is 7.05 Å². The van der Waals surface area contributed by atoms with E-state index in [1.807, 2.05) is 19.2 Å². The van der Waals surface area contributed by atoms with Crippen LogP contribution in [0.15, 0.2) is 60.7 Å². The van der Waals surface area contributed by atoms with Crippen LogP contribution in [0.5, 0.6) is 0 Å². The number of rotatable bonds is 4. The molecule has 0 saturated carbocycles. The van der Waals surface area contributed by atoms with E-state index >= 15 is 0 Å². The fourth-order valence-electron chi connectivity index (χ4n) is 2.67. The summed E-state index contributed by atoms with van der Waals surface area (Å²) in [4.78, 5) is 4.78. The van der Waals surface area contributed by atoms with Gasteiger partial charge in [-0.25, -0.2) is 0 Å². The molecule has 0 amide bonds. The van der Waals surface area contributed by atoms with Crippen molar-refractivity contribution in [3.05, 3.63) is 77.5 Å². The van der Waals surface area contributed by atoms with Crippen molar-refractivity contribution in [1.82, 2.24) is 10.3 Å². The molecule has 0 spiro atoms. The monoisotopic (exact) mass is 276 g/mol. The molecule has 0 aliphatic rings. The number of nitrogens with one attached hydrogen (secondary N) is 1. The molecule has 0 fully saturated rings. The summed E-state index contributed by atoms with van der Waals surface area (Å²) in [7, 11) is 2.00. The Hall–Kier alpha value is -2.19. The van der Waals surface area contributed by atoms with Gasteiger partial charge in [-0.2, -0.15) is 0 Å². The van der Waals surface area contributed by atoms with Crippen LogP contribution in [-0.4, -0.2) is 12.0 Å². The predicted octanol–water partition coefficient (Wildman–Crippen LogP) is 4.11. The van der Waals surface area contributed by atoms with Gasteiger partial charge in [0.05, 0.1) is 5.52 Å². The Morgan fingerprint density at radius 3 is 2.57 bits per heavy atom. The number of nitrogens with zero attached hydrogens (tertiary/aromatic N) is 1. The van der Waals surface area contributed by atoms with E-state index in [1.54, 1.807) is 0 Å². The van der Waals surface area contributed by atoms with Crippen LogP contribution in [0.25, 0.3) is 10.9 Å². The topological polar surface area (TPSA) is 24.9 Å². The number of pyridine rings is 1. The summed E-state index contributed by atoms with van der Waals surface area (Å²) in [6, 6.07) is 21.5. The molecule has 1 heterocycles. The minimum absolute atomic E-state index is 0.349. The summed E-state index contributed by atoms with van der Waals surface area (Å²) in [5.41, 5.74) is 4.86. The van der Waals surface area contributed by atoms with E-state index < -0.39 is 0 Å². The maximum Gasteiger partial charge on any atom is 0.0705 e.